The lowest BCUT2D eigenvalue weighted by Gasteiger charge is -2.34. The molecule has 1 aliphatic heterocycles. The van der Waals surface area contributed by atoms with Gasteiger partial charge in [0.25, 0.3) is 0 Å². The van der Waals surface area contributed by atoms with Crippen LogP contribution in [0.3, 0.4) is 0 Å². The number of hydrogen-bond acceptors (Lipinski definition) is 1. The van der Waals surface area contributed by atoms with Gasteiger partial charge in [-0.1, -0.05) is 18.2 Å². The molecule has 1 heterocycles. The fraction of sp³-hybridized carbons (Fsp3) is 0.400. The van der Waals surface area contributed by atoms with Crippen LogP contribution >= 0.6 is 10.2 Å². The first-order valence-corrected chi connectivity index (χ1v) is 6.55. The molecule has 0 saturated heterocycles. The number of rotatable bonds is 0. The molecule has 2 rings (SSSR count). The summed E-state index contributed by atoms with van der Waals surface area (Å²) in [7, 11) is 1.57. The van der Waals surface area contributed by atoms with Gasteiger partial charge in [0.1, 0.15) is 0 Å². The van der Waals surface area contributed by atoms with Gasteiger partial charge in [0.2, 0.25) is 0 Å². The van der Waals surface area contributed by atoms with Crippen LogP contribution in [0, 0.1) is 0 Å². The number of nitrogens with zero attached hydrogens (tertiary/aromatic N) is 1. The molecule has 0 radical (unpaired) electrons. The molecule has 1 aromatic carbocycles. The summed E-state index contributed by atoms with van der Waals surface area (Å²) in [6, 6.07) is 8.79. The maximum Gasteiger partial charge on any atom is 0.0336 e. The van der Waals surface area contributed by atoms with Gasteiger partial charge in [0.05, 0.1) is 0 Å². The normalized spacial score (nSPS) is 23.6. The van der Waals surface area contributed by atoms with E-state index in [1.807, 2.05) is 0 Å². The molecule has 0 bridgehead atoms. The van der Waals surface area contributed by atoms with Crippen molar-refractivity contribution in [3.63, 3.8) is 0 Å². The molecule has 0 saturated carbocycles. The van der Waals surface area contributed by atoms with Crippen LogP contribution in [0.5, 0.6) is 0 Å². The first-order chi connectivity index (χ1) is 5.62. The van der Waals surface area contributed by atoms with E-state index in [0.29, 0.717) is 0 Å². The molecule has 2 heteroatoms. The van der Waals surface area contributed by atoms with Crippen molar-refractivity contribution in [3.8, 4) is 0 Å². The third-order valence-electron chi connectivity index (χ3n) is 2.68. The Hall–Kier alpha value is -0.470. The molecule has 1 nitrogen and oxygen atoms in total. The Kier molecular flexibility index (Phi) is 1.70. The van der Waals surface area contributed by atoms with Crippen LogP contribution in [0.1, 0.15) is 5.56 Å². The zero-order valence-corrected chi connectivity index (χ0v) is 8.69. The molecule has 66 valence electrons. The van der Waals surface area contributed by atoms with Crippen molar-refractivity contribution < 1.29 is 0 Å². The minimum Gasteiger partial charge on any atom is -0.263 e. The molecule has 12 heavy (non-hydrogen) atoms. The molecule has 0 aliphatic carbocycles. The van der Waals surface area contributed by atoms with Gasteiger partial charge in [-0.2, -0.15) is 10.2 Å². The molecule has 1 aliphatic rings. The van der Waals surface area contributed by atoms with Crippen LogP contribution < -0.4 is 0 Å². The number of fused-ring (bicyclic) bond motifs is 1. The fourth-order valence-electron chi connectivity index (χ4n) is 1.69. The lowest BCUT2D eigenvalue weighted by atomic mass is 10.2. The zero-order valence-electron chi connectivity index (χ0n) is 7.87. The Balaban J connectivity index is 2.55. The first kappa shape index (κ1) is 8.14. The minimum atomic E-state index is -0.651. The summed E-state index contributed by atoms with van der Waals surface area (Å²) in [6.45, 7) is 1.12. The highest BCUT2D eigenvalue weighted by molar-refractivity contribution is 8.30. The van der Waals surface area contributed by atoms with Crippen LogP contribution in [0.15, 0.2) is 29.2 Å². The first-order valence-electron chi connectivity index (χ1n) is 4.15. The molecule has 0 amide bonds. The topological polar surface area (TPSA) is 3.24 Å². The van der Waals surface area contributed by atoms with E-state index in [4.69, 9.17) is 0 Å². The quantitative estimate of drug-likeness (QED) is 0.594. The van der Waals surface area contributed by atoms with Crippen molar-refractivity contribution in [1.29, 1.82) is 0 Å². The largest absolute Gasteiger partial charge is 0.263 e. The van der Waals surface area contributed by atoms with Gasteiger partial charge in [-0.3, -0.25) is 4.31 Å². The molecule has 1 aromatic rings. The van der Waals surface area contributed by atoms with E-state index in [9.17, 15) is 0 Å². The zero-order chi connectivity index (χ0) is 8.77. The molecule has 0 N–H and O–H groups in total. The molecule has 0 fully saturated rings. The predicted molar refractivity (Wildman–Crippen MR) is 55.6 cm³/mol. The van der Waals surface area contributed by atoms with Gasteiger partial charge in [-0.25, -0.2) is 0 Å². The maximum absolute atomic E-state index is 2.47. The van der Waals surface area contributed by atoms with E-state index in [0.717, 1.165) is 6.54 Å². The van der Waals surface area contributed by atoms with E-state index >= 15 is 0 Å². The molecule has 0 atom stereocenters. The van der Waals surface area contributed by atoms with Crippen LogP contribution in [0.25, 0.3) is 0 Å². The van der Waals surface area contributed by atoms with E-state index in [1.165, 1.54) is 5.56 Å². The second-order valence-electron chi connectivity index (χ2n) is 3.67. The monoisotopic (exact) mass is 181 g/mol. The van der Waals surface area contributed by atoms with Crippen LogP contribution in [0.2, 0.25) is 0 Å². The maximum atomic E-state index is 2.47. The van der Waals surface area contributed by atoms with Crippen LogP contribution in [-0.2, 0) is 6.54 Å². The van der Waals surface area contributed by atoms with E-state index in [2.05, 4.69) is 48.1 Å². The van der Waals surface area contributed by atoms with Gasteiger partial charge in [0.15, 0.2) is 0 Å². The van der Waals surface area contributed by atoms with Gasteiger partial charge in [-0.15, -0.1) is 0 Å². The Bertz CT molecular complexity index is 306. The molecule has 0 spiro atoms. The van der Waals surface area contributed by atoms with Crippen molar-refractivity contribution >= 4 is 10.2 Å². The predicted octanol–water partition coefficient (Wildman–Crippen LogP) is 2.47. The molecule has 0 aromatic heterocycles. The molecular formula is C10H15NS. The summed E-state index contributed by atoms with van der Waals surface area (Å²) in [5, 5.41) is 0. The summed E-state index contributed by atoms with van der Waals surface area (Å²) in [6.07, 6.45) is 4.72. The second kappa shape index (κ2) is 2.51. The third-order valence-corrected chi connectivity index (χ3v) is 5.85. The summed E-state index contributed by atoms with van der Waals surface area (Å²) >= 11 is 0. The average molecular weight is 181 g/mol. The Labute approximate surface area is 75.8 Å². The van der Waals surface area contributed by atoms with Gasteiger partial charge in [-0.05, 0) is 31.2 Å². The highest BCUT2D eigenvalue weighted by Gasteiger charge is 2.29. The van der Waals surface area contributed by atoms with Crippen molar-refractivity contribution in [2.75, 3.05) is 19.6 Å². The third kappa shape index (κ3) is 0.985. The van der Waals surface area contributed by atoms with Gasteiger partial charge in [0, 0.05) is 11.4 Å². The van der Waals surface area contributed by atoms with Gasteiger partial charge >= 0.3 is 0 Å². The van der Waals surface area contributed by atoms with Crippen molar-refractivity contribution in [2.45, 2.75) is 11.4 Å². The Morgan fingerprint density at radius 1 is 1.25 bits per heavy atom. The Morgan fingerprint density at radius 2 is 1.92 bits per heavy atom. The highest BCUT2D eigenvalue weighted by atomic mass is 32.3. The Morgan fingerprint density at radius 3 is 2.58 bits per heavy atom. The van der Waals surface area contributed by atoms with E-state index in [1.54, 1.807) is 4.90 Å². The second-order valence-corrected chi connectivity index (χ2v) is 7.28. The molecule has 0 unspecified atom stereocenters. The molecular weight excluding hydrogens is 166 g/mol. The van der Waals surface area contributed by atoms with E-state index < -0.39 is 10.2 Å². The standard InChI is InChI=1S/C10H15NS/c1-11-8-9-6-4-5-7-10(9)12(11,2)3/h4-7H,8H2,1-3H3. The minimum absolute atomic E-state index is 0.651. The summed E-state index contributed by atoms with van der Waals surface area (Å²) in [5.41, 5.74) is 1.51. The lowest BCUT2D eigenvalue weighted by Crippen LogP contribution is -2.14. The lowest BCUT2D eigenvalue weighted by molar-refractivity contribution is 0.570. The summed E-state index contributed by atoms with van der Waals surface area (Å²) < 4.78 is 2.47. The fourth-order valence-corrected chi connectivity index (χ4v) is 3.67. The summed E-state index contributed by atoms with van der Waals surface area (Å²) in [5.74, 6) is 0. The smallest absolute Gasteiger partial charge is 0.0336 e. The highest BCUT2D eigenvalue weighted by Crippen LogP contribution is 2.58. The van der Waals surface area contributed by atoms with Crippen molar-refractivity contribution in [2.24, 2.45) is 0 Å². The van der Waals surface area contributed by atoms with Crippen molar-refractivity contribution in [3.05, 3.63) is 29.8 Å². The number of hydrogen-bond donors (Lipinski definition) is 0. The van der Waals surface area contributed by atoms with Gasteiger partial charge < -0.3 is 0 Å². The summed E-state index contributed by atoms with van der Waals surface area (Å²) in [4.78, 5) is 1.56. The van der Waals surface area contributed by atoms with Crippen LogP contribution in [0.4, 0.5) is 0 Å². The van der Waals surface area contributed by atoms with E-state index in [-0.39, 0.29) is 0 Å². The SMILES string of the molecule is CN1Cc2ccccc2S1(C)C. The number of benzene rings is 1. The van der Waals surface area contributed by atoms with Crippen molar-refractivity contribution in [1.82, 2.24) is 4.31 Å². The van der Waals surface area contributed by atoms with Crippen LogP contribution in [-0.4, -0.2) is 23.9 Å². The average Bonchev–Trinajstić information content (AvgIpc) is 2.25.